The molecule has 1 aliphatic heterocycles. The van der Waals surface area contributed by atoms with Gasteiger partial charge < -0.3 is 16.0 Å². The molecule has 1 saturated heterocycles. The molecule has 0 spiro atoms. The first-order valence-corrected chi connectivity index (χ1v) is 10.9. The molecule has 0 bridgehead atoms. The number of hydrogen-bond acceptors (Lipinski definition) is 7. The summed E-state index contributed by atoms with van der Waals surface area (Å²) >= 11 is 5.56. The number of pyridine rings is 2. The van der Waals surface area contributed by atoms with Gasteiger partial charge in [0.05, 0.1) is 27.1 Å². The van der Waals surface area contributed by atoms with Crippen LogP contribution in [0.1, 0.15) is 38.4 Å². The molecule has 1 aliphatic rings. The Labute approximate surface area is 189 Å². The van der Waals surface area contributed by atoms with Crippen LogP contribution >= 0.6 is 12.2 Å². The van der Waals surface area contributed by atoms with E-state index in [1.165, 1.54) is 12.4 Å². The third kappa shape index (κ3) is 3.70. The Morgan fingerprint density at radius 2 is 2.03 bits per heavy atom. The molecule has 0 aliphatic carbocycles. The summed E-state index contributed by atoms with van der Waals surface area (Å²) in [7, 11) is 0. The van der Waals surface area contributed by atoms with E-state index in [2.05, 4.69) is 33.7 Å². The van der Waals surface area contributed by atoms with Crippen LogP contribution in [0.15, 0.2) is 34.1 Å². The monoisotopic (exact) mass is 451 g/mol. The molecule has 1 fully saturated rings. The van der Waals surface area contributed by atoms with E-state index in [0.29, 0.717) is 46.0 Å². The molecule has 4 N–H and O–H groups in total. The highest BCUT2D eigenvalue weighted by atomic mass is 32.1. The first kappa shape index (κ1) is 21.8. The zero-order chi connectivity index (χ0) is 23.0. The first-order chi connectivity index (χ1) is 15.3. The Morgan fingerprint density at radius 1 is 1.31 bits per heavy atom. The summed E-state index contributed by atoms with van der Waals surface area (Å²) in [6, 6.07) is 3.35. The molecule has 166 valence electrons. The second-order valence-electron chi connectivity index (χ2n) is 8.19. The molecule has 0 atom stereocenters. The van der Waals surface area contributed by atoms with Crippen LogP contribution in [0.2, 0.25) is 0 Å². The van der Waals surface area contributed by atoms with Crippen molar-refractivity contribution in [1.29, 1.82) is 5.41 Å². The standard InChI is InChI=1S/C22H25N7O2S/c1-12(2)21(32)28-7-5-14(6-8-28)29-19-15(20(30)27-22(29)31)11-25-17-4-3-16(26-18(17)19)13(9-23)10-24/h3-4,9-12,14,23H,5-8,24H2,1-2H3,(H,27,30,31)/b13-10+,23-9?. The molecular formula is C22H25N7O2S. The smallest absolute Gasteiger partial charge is 0.329 e. The molecule has 0 aromatic carbocycles. The fourth-order valence-electron chi connectivity index (χ4n) is 4.22. The number of H-pyrrole nitrogens is 1. The largest absolute Gasteiger partial charge is 0.404 e. The lowest BCUT2D eigenvalue weighted by Crippen LogP contribution is -2.43. The van der Waals surface area contributed by atoms with Crippen molar-refractivity contribution in [2.75, 3.05) is 13.1 Å². The number of thiocarbonyl (C=S) groups is 1. The summed E-state index contributed by atoms with van der Waals surface area (Å²) in [4.78, 5) is 40.2. The zero-order valence-electron chi connectivity index (χ0n) is 18.0. The molecule has 10 heteroatoms. The number of aromatic nitrogens is 4. The normalized spacial score (nSPS) is 15.6. The van der Waals surface area contributed by atoms with E-state index in [0.717, 1.165) is 24.3 Å². The molecule has 3 aromatic rings. The van der Waals surface area contributed by atoms with Gasteiger partial charge >= 0.3 is 5.69 Å². The van der Waals surface area contributed by atoms with Gasteiger partial charge in [0.1, 0.15) is 5.52 Å². The first-order valence-electron chi connectivity index (χ1n) is 10.5. The Morgan fingerprint density at radius 3 is 2.66 bits per heavy atom. The van der Waals surface area contributed by atoms with Crippen LogP contribution in [0.5, 0.6) is 0 Å². The van der Waals surface area contributed by atoms with Gasteiger partial charge in [0.15, 0.2) is 0 Å². The fraction of sp³-hybridized carbons (Fsp3) is 0.364. The quantitative estimate of drug-likeness (QED) is 0.314. The number of nitrogens with two attached hydrogens (primary N) is 1. The molecule has 32 heavy (non-hydrogen) atoms. The summed E-state index contributed by atoms with van der Waals surface area (Å²) in [6.07, 6.45) is 5.32. The number of rotatable bonds is 4. The lowest BCUT2D eigenvalue weighted by molar-refractivity contribution is 0.262. The number of piperidine rings is 1. The number of aromatic amines is 1. The predicted molar refractivity (Wildman–Crippen MR) is 130 cm³/mol. The highest BCUT2D eigenvalue weighted by molar-refractivity contribution is 7.80. The summed E-state index contributed by atoms with van der Waals surface area (Å²) in [5, 5.41) is 7.87. The van der Waals surface area contributed by atoms with Crippen molar-refractivity contribution in [3.8, 4) is 0 Å². The van der Waals surface area contributed by atoms with Gasteiger partial charge in [-0.2, -0.15) is 0 Å². The number of nitrogens with zero attached hydrogens (tertiary/aromatic N) is 4. The molecule has 0 unspecified atom stereocenters. The van der Waals surface area contributed by atoms with Gasteiger partial charge in [0.2, 0.25) is 0 Å². The highest BCUT2D eigenvalue weighted by Gasteiger charge is 2.26. The molecule has 9 nitrogen and oxygen atoms in total. The van der Waals surface area contributed by atoms with Gasteiger partial charge in [-0.3, -0.25) is 19.3 Å². The van der Waals surface area contributed by atoms with Crippen molar-refractivity contribution in [2.24, 2.45) is 11.7 Å². The maximum atomic E-state index is 13.0. The van der Waals surface area contributed by atoms with Crippen LogP contribution in [0.3, 0.4) is 0 Å². The Balaban J connectivity index is 1.90. The maximum Gasteiger partial charge on any atom is 0.329 e. The topological polar surface area (TPSA) is 134 Å². The van der Waals surface area contributed by atoms with E-state index in [4.69, 9.17) is 23.4 Å². The minimum Gasteiger partial charge on any atom is -0.404 e. The summed E-state index contributed by atoms with van der Waals surface area (Å²) in [5.74, 6) is 0.287. The second-order valence-corrected chi connectivity index (χ2v) is 8.61. The molecular weight excluding hydrogens is 426 g/mol. The zero-order valence-corrected chi connectivity index (χ0v) is 18.8. The number of allylic oxidation sites excluding steroid dienone is 1. The Bertz CT molecular complexity index is 1360. The highest BCUT2D eigenvalue weighted by Crippen LogP contribution is 2.28. The van der Waals surface area contributed by atoms with Gasteiger partial charge in [-0.1, -0.05) is 26.1 Å². The van der Waals surface area contributed by atoms with E-state index in [1.54, 1.807) is 16.7 Å². The Kier molecular flexibility index (Phi) is 5.88. The average Bonchev–Trinajstić information content (AvgIpc) is 2.79. The van der Waals surface area contributed by atoms with Crippen LogP contribution < -0.4 is 17.0 Å². The lowest BCUT2D eigenvalue weighted by atomic mass is 10.0. The molecule has 4 heterocycles. The number of nitrogens with one attached hydrogen (secondary N) is 2. The number of fused-ring (bicyclic) bond motifs is 3. The van der Waals surface area contributed by atoms with Crippen molar-refractivity contribution in [3.05, 3.63) is 51.1 Å². The van der Waals surface area contributed by atoms with E-state index in [1.807, 2.05) is 0 Å². The molecule has 3 aromatic heterocycles. The lowest BCUT2D eigenvalue weighted by Gasteiger charge is -2.36. The van der Waals surface area contributed by atoms with E-state index < -0.39 is 11.2 Å². The summed E-state index contributed by atoms with van der Waals surface area (Å²) in [5.41, 5.74) is 7.02. The van der Waals surface area contributed by atoms with Crippen LogP contribution in [0, 0.1) is 11.3 Å². The van der Waals surface area contributed by atoms with Crippen LogP contribution in [0.25, 0.3) is 27.5 Å². The second kappa shape index (κ2) is 8.62. The van der Waals surface area contributed by atoms with Crippen molar-refractivity contribution in [3.63, 3.8) is 0 Å². The Hall–Kier alpha value is -3.40. The molecule has 4 rings (SSSR count). The van der Waals surface area contributed by atoms with E-state index >= 15 is 0 Å². The average molecular weight is 452 g/mol. The molecule has 0 amide bonds. The molecule has 0 radical (unpaired) electrons. The minimum atomic E-state index is -0.497. The maximum absolute atomic E-state index is 13.0. The van der Waals surface area contributed by atoms with Crippen molar-refractivity contribution < 1.29 is 0 Å². The third-order valence-corrected chi connectivity index (χ3v) is 6.61. The van der Waals surface area contributed by atoms with Gasteiger partial charge in [-0.25, -0.2) is 9.78 Å². The van der Waals surface area contributed by atoms with Gasteiger partial charge in [-0.05, 0) is 25.0 Å². The van der Waals surface area contributed by atoms with Crippen LogP contribution in [-0.2, 0) is 0 Å². The van der Waals surface area contributed by atoms with Crippen LogP contribution in [0.4, 0.5) is 0 Å². The van der Waals surface area contributed by atoms with E-state index in [-0.39, 0.29) is 12.0 Å². The minimum absolute atomic E-state index is 0.114. The summed E-state index contributed by atoms with van der Waals surface area (Å²) < 4.78 is 1.64. The van der Waals surface area contributed by atoms with Gasteiger partial charge in [-0.15, -0.1) is 0 Å². The van der Waals surface area contributed by atoms with Crippen molar-refractivity contribution in [2.45, 2.75) is 32.7 Å². The predicted octanol–water partition coefficient (Wildman–Crippen LogP) is 2.20. The van der Waals surface area contributed by atoms with Crippen molar-refractivity contribution >= 4 is 50.9 Å². The fourth-order valence-corrected chi connectivity index (χ4v) is 4.40. The van der Waals surface area contributed by atoms with Crippen LogP contribution in [-0.4, -0.2) is 48.7 Å². The number of hydrogen-bond donors (Lipinski definition) is 3. The summed E-state index contributed by atoms with van der Waals surface area (Å²) in [6.45, 7) is 5.64. The SMILES string of the molecule is CC(C)C(=S)N1CCC(n2c(=O)[nH]c(=O)c3cnc4ccc(/C(C=N)=C/N)nc4c32)CC1. The molecule has 0 saturated carbocycles. The van der Waals surface area contributed by atoms with Crippen molar-refractivity contribution in [1.82, 2.24) is 24.4 Å². The number of likely N-dealkylation sites (tertiary alicyclic amines) is 1. The van der Waals surface area contributed by atoms with Gasteiger partial charge in [0.25, 0.3) is 5.56 Å². The van der Waals surface area contributed by atoms with E-state index in [9.17, 15) is 9.59 Å². The third-order valence-electron chi connectivity index (χ3n) is 5.88. The van der Waals surface area contributed by atoms with Gasteiger partial charge in [0, 0.05) is 49.2 Å².